The van der Waals surface area contributed by atoms with Gasteiger partial charge in [-0.15, -0.1) is 0 Å². The van der Waals surface area contributed by atoms with E-state index in [-0.39, 0.29) is 29.6 Å². The number of aromatic hydroxyl groups is 1. The summed E-state index contributed by atoms with van der Waals surface area (Å²) < 4.78 is 15.7. The smallest absolute Gasteiger partial charge is 0.243 e. The number of nitrogens with zero attached hydrogens (tertiary/aromatic N) is 4. The summed E-state index contributed by atoms with van der Waals surface area (Å²) in [6.45, 7) is 10.4. The molecule has 5 aliphatic rings. The largest absolute Gasteiger partial charge is 0.508 e. The zero-order chi connectivity index (χ0) is 38.5. The van der Waals surface area contributed by atoms with Crippen molar-refractivity contribution >= 4 is 23.2 Å². The monoisotopic (exact) mass is 755 g/mol. The first-order valence-corrected chi connectivity index (χ1v) is 20.8. The van der Waals surface area contributed by atoms with Crippen LogP contribution in [-0.2, 0) is 29.1 Å². The third-order valence-electron chi connectivity index (χ3n) is 13.6. The average molecular weight is 756 g/mol. The van der Waals surface area contributed by atoms with Crippen LogP contribution in [0.15, 0.2) is 84.9 Å². The summed E-state index contributed by atoms with van der Waals surface area (Å²) in [5.41, 5.74) is 9.26. The van der Waals surface area contributed by atoms with Gasteiger partial charge in [-0.1, -0.05) is 48.5 Å². The minimum Gasteiger partial charge on any atom is -0.508 e. The highest BCUT2D eigenvalue weighted by Crippen LogP contribution is 2.47. The molecule has 5 atom stereocenters. The van der Waals surface area contributed by atoms with Crippen molar-refractivity contribution in [2.45, 2.75) is 95.4 Å². The molecule has 0 saturated carbocycles. The molecule has 0 aromatic heterocycles. The van der Waals surface area contributed by atoms with Crippen molar-refractivity contribution in [3.05, 3.63) is 124 Å². The first-order valence-electron chi connectivity index (χ1n) is 20.8. The van der Waals surface area contributed by atoms with Gasteiger partial charge in [0.15, 0.2) is 0 Å². The Morgan fingerprint density at radius 2 is 1.46 bits per heavy atom. The lowest BCUT2D eigenvalue weighted by Gasteiger charge is -2.47. The van der Waals surface area contributed by atoms with Crippen LogP contribution >= 0.6 is 0 Å². The molecule has 4 aromatic rings. The summed E-state index contributed by atoms with van der Waals surface area (Å²) in [4.78, 5) is 33.7. The SMILES string of the molecule is CC1CN(c2cc3c(cc2F)CN(C2CCC(=O)NC2=O)C3)CC(C)N1CC1CCN(c2ccc([C@@H]3c4ccc(O)cc4CC[C@@H]3c3ccccc3)cc2)CC1. The summed E-state index contributed by atoms with van der Waals surface area (Å²) in [5.74, 6) is 0.969. The number of anilines is 2. The summed E-state index contributed by atoms with van der Waals surface area (Å²) in [7, 11) is 0. The first-order chi connectivity index (χ1) is 27.2. The van der Waals surface area contributed by atoms with Crippen LogP contribution in [0, 0.1) is 11.7 Å². The number of halogens is 1. The molecule has 3 saturated heterocycles. The fraction of sp³-hybridized carbons (Fsp3) is 0.447. The second-order valence-corrected chi connectivity index (χ2v) is 17.2. The van der Waals surface area contributed by atoms with Crippen molar-refractivity contribution in [3.63, 3.8) is 0 Å². The highest BCUT2D eigenvalue weighted by Gasteiger charge is 2.38. The van der Waals surface area contributed by atoms with Crippen LogP contribution < -0.4 is 15.1 Å². The number of nitrogens with one attached hydrogen (secondary N) is 1. The van der Waals surface area contributed by atoms with E-state index < -0.39 is 0 Å². The molecule has 4 aliphatic heterocycles. The number of amides is 2. The number of imide groups is 1. The van der Waals surface area contributed by atoms with E-state index in [0.717, 1.165) is 69.5 Å². The van der Waals surface area contributed by atoms with E-state index in [9.17, 15) is 14.7 Å². The van der Waals surface area contributed by atoms with Crippen LogP contribution in [0.25, 0.3) is 0 Å². The molecule has 9 heteroatoms. The second-order valence-electron chi connectivity index (χ2n) is 17.2. The number of carbonyl (C=O) groups excluding carboxylic acids is 2. The molecule has 4 heterocycles. The van der Waals surface area contributed by atoms with E-state index in [4.69, 9.17) is 0 Å². The number of carbonyl (C=O) groups is 2. The van der Waals surface area contributed by atoms with Crippen LogP contribution in [0.3, 0.4) is 0 Å². The maximum atomic E-state index is 15.7. The lowest BCUT2D eigenvalue weighted by atomic mass is 9.69. The number of phenols is 1. The second kappa shape index (κ2) is 15.3. The van der Waals surface area contributed by atoms with Gasteiger partial charge in [0, 0.05) is 75.9 Å². The molecule has 2 amide bonds. The van der Waals surface area contributed by atoms with Crippen molar-refractivity contribution in [1.82, 2.24) is 15.1 Å². The van der Waals surface area contributed by atoms with Crippen molar-refractivity contribution in [3.8, 4) is 5.75 Å². The molecule has 0 spiro atoms. The summed E-state index contributed by atoms with van der Waals surface area (Å²) in [5, 5.41) is 12.7. The van der Waals surface area contributed by atoms with Crippen LogP contribution in [0.2, 0.25) is 0 Å². The molecule has 3 unspecified atom stereocenters. The van der Waals surface area contributed by atoms with Crippen LogP contribution in [0.5, 0.6) is 5.75 Å². The molecule has 8 nitrogen and oxygen atoms in total. The number of piperazine rings is 1. The fourth-order valence-electron chi connectivity index (χ4n) is 10.7. The van der Waals surface area contributed by atoms with Gasteiger partial charge < -0.3 is 14.9 Å². The van der Waals surface area contributed by atoms with Gasteiger partial charge in [-0.2, -0.15) is 0 Å². The van der Waals surface area contributed by atoms with Gasteiger partial charge in [0.25, 0.3) is 0 Å². The van der Waals surface area contributed by atoms with Gasteiger partial charge >= 0.3 is 0 Å². The topological polar surface area (TPSA) is 79.4 Å². The Morgan fingerprint density at radius 1 is 0.750 bits per heavy atom. The highest BCUT2D eigenvalue weighted by atomic mass is 19.1. The number of aryl methyl sites for hydroxylation is 1. The van der Waals surface area contributed by atoms with Crippen LogP contribution in [0.4, 0.5) is 15.8 Å². The molecule has 292 valence electrons. The molecule has 3 fully saturated rings. The van der Waals surface area contributed by atoms with Crippen molar-refractivity contribution < 1.29 is 19.1 Å². The number of fused-ring (bicyclic) bond motifs is 2. The van der Waals surface area contributed by atoms with E-state index in [1.165, 1.54) is 27.9 Å². The molecule has 0 bridgehead atoms. The Labute approximate surface area is 330 Å². The summed E-state index contributed by atoms with van der Waals surface area (Å²) in [6, 6.07) is 30.1. The maximum Gasteiger partial charge on any atom is 0.243 e. The normalized spacial score (nSPS) is 26.2. The van der Waals surface area contributed by atoms with E-state index >= 15 is 4.39 Å². The Balaban J connectivity index is 0.812. The van der Waals surface area contributed by atoms with Gasteiger partial charge in [-0.25, -0.2) is 4.39 Å². The van der Waals surface area contributed by atoms with E-state index in [1.807, 2.05) is 18.2 Å². The van der Waals surface area contributed by atoms with Gasteiger partial charge in [0.05, 0.1) is 11.7 Å². The fourth-order valence-corrected chi connectivity index (χ4v) is 10.7. The maximum absolute atomic E-state index is 15.7. The number of phenolic OH excluding ortho intramolecular Hbond substituents is 1. The van der Waals surface area contributed by atoms with Crippen LogP contribution in [0.1, 0.15) is 91.2 Å². The van der Waals surface area contributed by atoms with Gasteiger partial charge in [-0.3, -0.25) is 24.7 Å². The number of benzene rings is 4. The molecule has 1 aliphatic carbocycles. The van der Waals surface area contributed by atoms with Gasteiger partial charge in [0.1, 0.15) is 11.6 Å². The van der Waals surface area contributed by atoms with E-state index in [2.05, 4.69) is 99.4 Å². The van der Waals surface area contributed by atoms with Gasteiger partial charge in [0.2, 0.25) is 11.8 Å². The van der Waals surface area contributed by atoms with Crippen LogP contribution in [-0.4, -0.2) is 77.6 Å². The van der Waals surface area contributed by atoms with Gasteiger partial charge in [-0.05, 0) is 128 Å². The number of rotatable bonds is 7. The minimum absolute atomic E-state index is 0.193. The molecule has 0 radical (unpaired) electrons. The quantitative estimate of drug-likeness (QED) is 0.192. The zero-order valence-electron chi connectivity index (χ0n) is 32.7. The predicted octanol–water partition coefficient (Wildman–Crippen LogP) is 7.33. The van der Waals surface area contributed by atoms with Crippen molar-refractivity contribution in [2.24, 2.45) is 5.92 Å². The minimum atomic E-state index is -0.349. The molecule has 4 aromatic carbocycles. The molecular weight excluding hydrogens is 702 g/mol. The van der Waals surface area contributed by atoms with E-state index in [1.54, 1.807) is 6.07 Å². The highest BCUT2D eigenvalue weighted by molar-refractivity contribution is 6.00. The molecular formula is C47H54FN5O3. The zero-order valence-corrected chi connectivity index (χ0v) is 32.7. The Bertz CT molecular complexity index is 2070. The number of piperidine rings is 2. The average Bonchev–Trinajstić information content (AvgIpc) is 3.61. The predicted molar refractivity (Wildman–Crippen MR) is 218 cm³/mol. The molecule has 9 rings (SSSR count). The molecule has 56 heavy (non-hydrogen) atoms. The summed E-state index contributed by atoms with van der Waals surface area (Å²) in [6.07, 6.45) is 5.20. The Kier molecular flexibility index (Phi) is 10.1. The summed E-state index contributed by atoms with van der Waals surface area (Å²) >= 11 is 0. The number of hydrogen-bond acceptors (Lipinski definition) is 7. The standard InChI is InChI=1S/C47H54FN5O3/c1-30-25-51(44-24-37-29-52(28-36(37)23-42(44)48)43-16-17-45(55)49-47(43)56)26-31(2)53(30)27-32-18-20-50(21-19-32)38-11-8-34(9-12-38)46-40(33-6-4-3-5-7-33)14-10-35-22-39(54)13-15-41(35)46/h3-9,11-13,15,22-24,30-32,40,43,46,54H,10,14,16-21,25-29H2,1-2H3,(H,49,55,56)/t30?,31?,40-,43?,46+/m1/s1. The Hall–Kier alpha value is -4.73. The third kappa shape index (κ3) is 7.20. The lowest BCUT2D eigenvalue weighted by Crippen LogP contribution is -2.58. The molecule has 2 N–H and O–H groups in total. The first kappa shape index (κ1) is 36.9. The Morgan fingerprint density at radius 3 is 2.18 bits per heavy atom. The van der Waals surface area contributed by atoms with Crippen molar-refractivity contribution in [2.75, 3.05) is 42.5 Å². The lowest BCUT2D eigenvalue weighted by molar-refractivity contribution is -0.137. The number of hydrogen-bond donors (Lipinski definition) is 2. The third-order valence-corrected chi connectivity index (χ3v) is 13.6. The van der Waals surface area contributed by atoms with E-state index in [0.29, 0.717) is 61.3 Å². The van der Waals surface area contributed by atoms with Crippen molar-refractivity contribution in [1.29, 1.82) is 0 Å².